The van der Waals surface area contributed by atoms with Crippen molar-refractivity contribution in [2.45, 2.75) is 12.3 Å². The molecule has 0 saturated carbocycles. The van der Waals surface area contributed by atoms with Gasteiger partial charge in [-0.05, 0) is 17.5 Å². The van der Waals surface area contributed by atoms with E-state index in [1.807, 2.05) is 0 Å². The molecule has 0 N–H and O–H groups in total. The Labute approximate surface area is 96.6 Å². The Morgan fingerprint density at radius 2 is 1.88 bits per heavy atom. The first-order chi connectivity index (χ1) is 7.95. The number of hydrogen-bond acceptors (Lipinski definition) is 1. The summed E-state index contributed by atoms with van der Waals surface area (Å²) in [5.74, 6) is 0. The van der Waals surface area contributed by atoms with Gasteiger partial charge in [0.05, 0.1) is 5.69 Å². The number of benzene rings is 1. The molecular formula is C12H12F3NO. The van der Waals surface area contributed by atoms with Crippen LogP contribution in [0, 0.1) is 0 Å². The van der Waals surface area contributed by atoms with Gasteiger partial charge in [0.1, 0.15) is 0 Å². The first-order valence-electron chi connectivity index (χ1n) is 5.09. The molecule has 2 aromatic rings. The molecule has 0 bridgehead atoms. The van der Waals surface area contributed by atoms with E-state index in [9.17, 15) is 13.2 Å². The van der Waals surface area contributed by atoms with E-state index in [1.165, 1.54) is 10.6 Å². The third kappa shape index (κ3) is 2.02. The molecule has 1 unspecified atom stereocenters. The number of fused-ring (bicyclic) bond motifs is 1. The summed E-state index contributed by atoms with van der Waals surface area (Å²) in [6, 6.07) is 8.66. The zero-order chi connectivity index (χ0) is 12.6. The lowest BCUT2D eigenvalue weighted by Gasteiger charge is -2.19. The van der Waals surface area contributed by atoms with Crippen LogP contribution in [0.4, 0.5) is 13.2 Å². The second-order valence-corrected chi connectivity index (χ2v) is 3.84. The molecule has 1 aromatic heterocycles. The maximum atomic E-state index is 12.8. The number of hydrogen-bond donors (Lipinski definition) is 0. The monoisotopic (exact) mass is 243 g/mol. The predicted molar refractivity (Wildman–Crippen MR) is 58.7 cm³/mol. The molecule has 5 heteroatoms. The second-order valence-electron chi connectivity index (χ2n) is 3.84. The molecule has 1 aromatic carbocycles. The summed E-state index contributed by atoms with van der Waals surface area (Å²) >= 11 is 0. The Hall–Kier alpha value is -1.49. The maximum Gasteiger partial charge on any atom is 0.420 e. The molecule has 0 aliphatic heterocycles. The number of alkyl halides is 3. The number of ether oxygens (including phenoxy) is 1. The average Bonchev–Trinajstić information content (AvgIpc) is 2.56. The standard InChI is InChI=1S/C12H12F3NO/c1-16-9-6-4-3-5-8(9)7-10(16)11(17-2)12(13,14)15/h3-7,11H,1-2H3. The molecule has 2 nitrogen and oxygen atoms in total. The summed E-state index contributed by atoms with van der Waals surface area (Å²) in [5, 5.41) is 0.774. The lowest BCUT2D eigenvalue weighted by atomic mass is 10.2. The summed E-state index contributed by atoms with van der Waals surface area (Å²) in [6.07, 6.45) is -6.29. The summed E-state index contributed by atoms with van der Waals surface area (Å²) in [6.45, 7) is 0. The molecule has 0 saturated heterocycles. The van der Waals surface area contributed by atoms with Gasteiger partial charge in [-0.1, -0.05) is 18.2 Å². The van der Waals surface area contributed by atoms with Gasteiger partial charge in [0.15, 0.2) is 6.10 Å². The summed E-state index contributed by atoms with van der Waals surface area (Å²) in [5.41, 5.74) is 0.870. The highest BCUT2D eigenvalue weighted by atomic mass is 19.4. The first kappa shape index (κ1) is 12.0. The summed E-state index contributed by atoms with van der Waals surface area (Å²) in [4.78, 5) is 0. The van der Waals surface area contributed by atoms with Crippen molar-refractivity contribution in [3.05, 3.63) is 36.0 Å². The molecule has 1 atom stereocenters. The lowest BCUT2D eigenvalue weighted by molar-refractivity contribution is -0.217. The van der Waals surface area contributed by atoms with Gasteiger partial charge >= 0.3 is 6.18 Å². The van der Waals surface area contributed by atoms with Gasteiger partial charge in [0, 0.05) is 19.7 Å². The van der Waals surface area contributed by atoms with Crippen LogP contribution in [0.5, 0.6) is 0 Å². The fourth-order valence-corrected chi connectivity index (χ4v) is 1.98. The zero-order valence-electron chi connectivity index (χ0n) is 9.45. The second kappa shape index (κ2) is 4.07. The Balaban J connectivity index is 2.58. The largest absolute Gasteiger partial charge is 0.420 e. The van der Waals surface area contributed by atoms with Crippen LogP contribution in [0.25, 0.3) is 10.9 Å². The lowest BCUT2D eigenvalue weighted by Crippen LogP contribution is -2.24. The Morgan fingerprint density at radius 1 is 1.24 bits per heavy atom. The number of aromatic nitrogens is 1. The Morgan fingerprint density at radius 3 is 2.41 bits per heavy atom. The minimum Gasteiger partial charge on any atom is -0.366 e. The van der Waals surface area contributed by atoms with Gasteiger partial charge < -0.3 is 9.30 Å². The van der Waals surface area contributed by atoms with Crippen LogP contribution in [0.15, 0.2) is 30.3 Å². The van der Waals surface area contributed by atoms with E-state index in [0.717, 1.165) is 18.0 Å². The number of rotatable bonds is 2. The maximum absolute atomic E-state index is 12.8. The number of nitrogens with zero attached hydrogens (tertiary/aromatic N) is 1. The molecule has 0 spiro atoms. The highest BCUT2D eigenvalue weighted by Gasteiger charge is 2.42. The van der Waals surface area contributed by atoms with Crippen LogP contribution in [-0.4, -0.2) is 17.9 Å². The van der Waals surface area contributed by atoms with Gasteiger partial charge in [-0.15, -0.1) is 0 Å². The molecule has 92 valence electrons. The minimum absolute atomic E-state index is 0.112. The van der Waals surface area contributed by atoms with Crippen molar-refractivity contribution in [1.29, 1.82) is 0 Å². The third-order valence-electron chi connectivity index (χ3n) is 2.79. The molecule has 2 rings (SSSR count). The molecule has 0 aliphatic rings. The smallest absolute Gasteiger partial charge is 0.366 e. The van der Waals surface area contributed by atoms with Crippen LogP contribution in [0.3, 0.4) is 0 Å². The van der Waals surface area contributed by atoms with Crippen LogP contribution >= 0.6 is 0 Å². The number of para-hydroxylation sites is 1. The van der Waals surface area contributed by atoms with Gasteiger partial charge in [0.2, 0.25) is 0 Å². The topological polar surface area (TPSA) is 14.2 Å². The SMILES string of the molecule is COC(c1cc2ccccc2n1C)C(F)(F)F. The van der Waals surface area contributed by atoms with E-state index >= 15 is 0 Å². The van der Waals surface area contributed by atoms with E-state index in [1.54, 1.807) is 31.3 Å². The van der Waals surface area contributed by atoms with E-state index in [0.29, 0.717) is 0 Å². The van der Waals surface area contributed by atoms with Crippen molar-refractivity contribution in [2.24, 2.45) is 7.05 Å². The van der Waals surface area contributed by atoms with Crippen molar-refractivity contribution in [1.82, 2.24) is 4.57 Å². The van der Waals surface area contributed by atoms with Crippen molar-refractivity contribution in [3.8, 4) is 0 Å². The quantitative estimate of drug-likeness (QED) is 0.788. The summed E-state index contributed by atoms with van der Waals surface area (Å²) < 4.78 is 44.4. The van der Waals surface area contributed by atoms with Crippen LogP contribution in [0.1, 0.15) is 11.8 Å². The van der Waals surface area contributed by atoms with Gasteiger partial charge in [-0.25, -0.2) is 0 Å². The highest BCUT2D eigenvalue weighted by molar-refractivity contribution is 5.81. The number of methoxy groups -OCH3 is 1. The van der Waals surface area contributed by atoms with Crippen molar-refractivity contribution in [3.63, 3.8) is 0 Å². The Kier molecular flexibility index (Phi) is 2.87. The predicted octanol–water partition coefficient (Wildman–Crippen LogP) is 3.43. The van der Waals surface area contributed by atoms with E-state index in [-0.39, 0.29) is 5.69 Å². The summed E-state index contributed by atoms with van der Waals surface area (Å²) in [7, 11) is 2.67. The Bertz CT molecular complexity index is 530. The zero-order valence-corrected chi connectivity index (χ0v) is 9.45. The highest BCUT2D eigenvalue weighted by Crippen LogP contribution is 2.37. The van der Waals surface area contributed by atoms with Crippen molar-refractivity contribution >= 4 is 10.9 Å². The fourth-order valence-electron chi connectivity index (χ4n) is 1.98. The van der Waals surface area contributed by atoms with E-state index < -0.39 is 12.3 Å². The van der Waals surface area contributed by atoms with Crippen LogP contribution in [-0.2, 0) is 11.8 Å². The molecule has 0 aliphatic carbocycles. The van der Waals surface area contributed by atoms with Crippen molar-refractivity contribution in [2.75, 3.05) is 7.11 Å². The molecule has 0 amide bonds. The van der Waals surface area contributed by atoms with E-state index in [4.69, 9.17) is 0 Å². The van der Waals surface area contributed by atoms with Gasteiger partial charge in [-0.3, -0.25) is 0 Å². The normalized spacial score (nSPS) is 14.2. The van der Waals surface area contributed by atoms with Gasteiger partial charge in [-0.2, -0.15) is 13.2 Å². The average molecular weight is 243 g/mol. The first-order valence-corrected chi connectivity index (χ1v) is 5.09. The molecule has 0 radical (unpaired) electrons. The molecule has 0 fully saturated rings. The number of halogens is 3. The number of aryl methyl sites for hydroxylation is 1. The molecule has 1 heterocycles. The van der Waals surface area contributed by atoms with Crippen LogP contribution in [0.2, 0.25) is 0 Å². The van der Waals surface area contributed by atoms with E-state index in [2.05, 4.69) is 4.74 Å². The minimum atomic E-state index is -4.41. The fraction of sp³-hybridized carbons (Fsp3) is 0.333. The molecule has 17 heavy (non-hydrogen) atoms. The third-order valence-corrected chi connectivity index (χ3v) is 2.79. The van der Waals surface area contributed by atoms with Crippen LogP contribution < -0.4 is 0 Å². The molecular weight excluding hydrogens is 231 g/mol. The van der Waals surface area contributed by atoms with Gasteiger partial charge in [0.25, 0.3) is 0 Å². The van der Waals surface area contributed by atoms with Crippen molar-refractivity contribution < 1.29 is 17.9 Å².